The molecule has 9 nitrogen and oxygen atoms in total. The summed E-state index contributed by atoms with van der Waals surface area (Å²) in [5, 5.41) is 12.6. The SMILES string of the molecule is CN1C2CCCC1CN(c1ccc(NC(=O)c3nc(C#N)cn3COCC[Si](C)(C)C)c(C3=CCC(C)(C)CC3)n1)C2. The highest BCUT2D eigenvalue weighted by Gasteiger charge is 2.36. The second-order valence-electron chi connectivity index (χ2n) is 14.3. The fraction of sp³-hybridized carbons (Fsp3) is 0.625. The number of carbonyl (C=O) groups excluding carboxylic acids is 1. The quantitative estimate of drug-likeness (QED) is 0.284. The molecule has 1 aliphatic carbocycles. The summed E-state index contributed by atoms with van der Waals surface area (Å²) >= 11 is 0. The third-order valence-electron chi connectivity index (χ3n) is 9.14. The predicted octanol–water partition coefficient (Wildman–Crippen LogP) is 5.98. The second-order valence-corrected chi connectivity index (χ2v) is 19.9. The first-order valence-corrected chi connectivity index (χ1v) is 19.2. The van der Waals surface area contributed by atoms with Gasteiger partial charge in [0.2, 0.25) is 5.82 Å². The lowest BCUT2D eigenvalue weighted by Gasteiger charge is -2.49. The highest BCUT2D eigenvalue weighted by Crippen LogP contribution is 2.40. The van der Waals surface area contributed by atoms with Gasteiger partial charge in [-0.15, -0.1) is 0 Å². The van der Waals surface area contributed by atoms with E-state index in [1.54, 1.807) is 10.8 Å². The molecule has 1 N–H and O–H groups in total. The lowest BCUT2D eigenvalue weighted by Crippen LogP contribution is -2.59. The fourth-order valence-electron chi connectivity index (χ4n) is 6.24. The van der Waals surface area contributed by atoms with Crippen molar-refractivity contribution in [1.29, 1.82) is 5.26 Å². The zero-order chi connectivity index (χ0) is 30.1. The molecule has 42 heavy (non-hydrogen) atoms. The first-order valence-electron chi connectivity index (χ1n) is 15.5. The Morgan fingerprint density at radius 3 is 2.57 bits per heavy atom. The van der Waals surface area contributed by atoms with Crippen LogP contribution >= 0.6 is 0 Å². The Morgan fingerprint density at radius 2 is 1.93 bits per heavy atom. The Morgan fingerprint density at radius 1 is 1.19 bits per heavy atom. The topological polar surface area (TPSA) is 99.3 Å². The maximum absolute atomic E-state index is 13.6. The van der Waals surface area contributed by atoms with E-state index in [4.69, 9.17) is 9.72 Å². The highest BCUT2D eigenvalue weighted by atomic mass is 28.3. The minimum Gasteiger partial charge on any atom is -0.361 e. The van der Waals surface area contributed by atoms with Crippen molar-refractivity contribution >= 4 is 31.1 Å². The molecule has 0 radical (unpaired) electrons. The van der Waals surface area contributed by atoms with Crippen LogP contribution in [0.15, 0.2) is 24.4 Å². The van der Waals surface area contributed by atoms with Gasteiger partial charge in [0.15, 0.2) is 5.69 Å². The summed E-state index contributed by atoms with van der Waals surface area (Å²) in [4.78, 5) is 28.1. The van der Waals surface area contributed by atoms with Crippen LogP contribution in [0.4, 0.5) is 11.5 Å². The molecule has 4 heterocycles. The lowest BCUT2D eigenvalue weighted by molar-refractivity contribution is 0.0808. The number of ether oxygens (including phenoxy) is 1. The van der Waals surface area contributed by atoms with Crippen LogP contribution in [0.2, 0.25) is 25.7 Å². The number of nitriles is 1. The fourth-order valence-corrected chi connectivity index (χ4v) is 6.99. The molecule has 2 unspecified atom stereocenters. The number of hydrogen-bond acceptors (Lipinski definition) is 7. The molecule has 0 saturated carbocycles. The Bertz CT molecular complexity index is 1360. The van der Waals surface area contributed by atoms with Crippen LogP contribution in [0.25, 0.3) is 5.57 Å². The number of carbonyl (C=O) groups is 1. The van der Waals surface area contributed by atoms with Gasteiger partial charge in [0.1, 0.15) is 18.6 Å². The van der Waals surface area contributed by atoms with E-state index >= 15 is 0 Å². The van der Waals surface area contributed by atoms with Gasteiger partial charge >= 0.3 is 0 Å². The average molecular weight is 590 g/mol. The summed E-state index contributed by atoms with van der Waals surface area (Å²) in [6, 6.07) is 8.23. The number of pyridine rings is 1. The van der Waals surface area contributed by atoms with E-state index in [1.165, 1.54) is 24.8 Å². The largest absolute Gasteiger partial charge is 0.361 e. The molecule has 1 amide bonds. The van der Waals surface area contributed by atoms with Crippen molar-refractivity contribution in [2.24, 2.45) is 5.41 Å². The summed E-state index contributed by atoms with van der Waals surface area (Å²) < 4.78 is 7.52. The molecule has 0 spiro atoms. The molecule has 3 aliphatic rings. The van der Waals surface area contributed by atoms with Crippen LogP contribution in [0.3, 0.4) is 0 Å². The first kappa shape index (κ1) is 30.5. The predicted molar refractivity (Wildman–Crippen MR) is 170 cm³/mol. The number of hydrogen-bond donors (Lipinski definition) is 1. The molecule has 0 aromatic carbocycles. The van der Waals surface area contributed by atoms with E-state index in [9.17, 15) is 10.1 Å². The van der Waals surface area contributed by atoms with Crippen LogP contribution in [0, 0.1) is 16.7 Å². The first-order chi connectivity index (χ1) is 19.9. The van der Waals surface area contributed by atoms with Crippen molar-refractivity contribution in [3.63, 3.8) is 0 Å². The molecule has 2 fully saturated rings. The molecule has 2 bridgehead atoms. The molecule has 2 aromatic rings. The number of aromatic nitrogens is 3. The standard InChI is InChI=1S/C32H47N7O2Si/c1-32(2)14-12-23(13-15-32)29-27(10-11-28(36-29)38-20-25-8-7-9-26(21-38)37(25)3)35-31(40)30-34-24(18-33)19-39(30)22-41-16-17-42(4,5)6/h10-12,19,25-26H,7-9,13-17,20-22H2,1-6H3,(H,35,40). The average Bonchev–Trinajstić information content (AvgIpc) is 3.34. The van der Waals surface area contributed by atoms with Crippen molar-refractivity contribution in [2.75, 3.05) is 37.0 Å². The number of piperazine rings is 1. The Kier molecular flexibility index (Phi) is 8.93. The smallest absolute Gasteiger partial charge is 0.291 e. The zero-order valence-electron chi connectivity index (χ0n) is 26.2. The second kappa shape index (κ2) is 12.3. The molecular weight excluding hydrogens is 542 g/mol. The molecule has 2 saturated heterocycles. The van der Waals surface area contributed by atoms with Gasteiger partial charge in [-0.1, -0.05) is 46.0 Å². The lowest BCUT2D eigenvalue weighted by atomic mass is 9.77. The summed E-state index contributed by atoms with van der Waals surface area (Å²) in [7, 11) is 1.02. The summed E-state index contributed by atoms with van der Waals surface area (Å²) in [6.45, 7) is 14.2. The number of amides is 1. The van der Waals surface area contributed by atoms with E-state index < -0.39 is 8.07 Å². The number of fused-ring (bicyclic) bond motifs is 2. The number of imidazole rings is 1. The maximum atomic E-state index is 13.6. The van der Waals surface area contributed by atoms with E-state index in [-0.39, 0.29) is 29.6 Å². The summed E-state index contributed by atoms with van der Waals surface area (Å²) in [5.74, 6) is 0.773. The number of nitrogens with zero attached hydrogens (tertiary/aromatic N) is 6. The third-order valence-corrected chi connectivity index (χ3v) is 10.8. The van der Waals surface area contributed by atoms with Gasteiger partial charge in [0.25, 0.3) is 5.91 Å². The van der Waals surface area contributed by atoms with Crippen molar-refractivity contribution in [1.82, 2.24) is 19.4 Å². The molecule has 10 heteroatoms. The third kappa shape index (κ3) is 7.13. The molecule has 226 valence electrons. The van der Waals surface area contributed by atoms with Crippen LogP contribution in [0.1, 0.15) is 74.4 Å². The number of rotatable bonds is 9. The molecule has 2 atom stereocenters. The Hall–Kier alpha value is -3.00. The van der Waals surface area contributed by atoms with Crippen molar-refractivity contribution in [2.45, 2.75) is 96.9 Å². The van der Waals surface area contributed by atoms with Gasteiger partial charge in [0.05, 0.1) is 11.4 Å². The van der Waals surface area contributed by atoms with Crippen LogP contribution < -0.4 is 10.2 Å². The molecule has 2 aliphatic heterocycles. The number of piperidine rings is 1. The number of likely N-dealkylation sites (N-methyl/N-ethyl adjacent to an activating group) is 1. The number of nitrogens with one attached hydrogen (secondary N) is 1. The summed E-state index contributed by atoms with van der Waals surface area (Å²) in [5.41, 5.74) is 3.15. The van der Waals surface area contributed by atoms with Crippen molar-refractivity contribution in [3.05, 3.63) is 41.6 Å². The Labute approximate surface area is 252 Å². The highest BCUT2D eigenvalue weighted by molar-refractivity contribution is 6.76. The molecular formula is C32H47N7O2Si. The van der Waals surface area contributed by atoms with Gasteiger partial charge in [-0.2, -0.15) is 5.26 Å². The minimum absolute atomic E-state index is 0.167. The maximum Gasteiger partial charge on any atom is 0.291 e. The van der Waals surface area contributed by atoms with Gasteiger partial charge in [-0.05, 0) is 68.3 Å². The van der Waals surface area contributed by atoms with Crippen LogP contribution in [-0.4, -0.2) is 72.2 Å². The molecule has 5 rings (SSSR count). The number of allylic oxidation sites excluding steroid dienone is 2. The van der Waals surface area contributed by atoms with Crippen LogP contribution in [-0.2, 0) is 11.5 Å². The van der Waals surface area contributed by atoms with Crippen molar-refractivity contribution < 1.29 is 9.53 Å². The van der Waals surface area contributed by atoms with Gasteiger partial charge in [-0.25, -0.2) is 9.97 Å². The van der Waals surface area contributed by atoms with E-state index in [0.717, 1.165) is 49.9 Å². The minimum atomic E-state index is -1.24. The zero-order valence-corrected chi connectivity index (χ0v) is 27.2. The number of anilines is 2. The van der Waals surface area contributed by atoms with E-state index in [1.807, 2.05) is 12.1 Å². The molecule has 2 aromatic heterocycles. The van der Waals surface area contributed by atoms with E-state index in [0.29, 0.717) is 24.4 Å². The van der Waals surface area contributed by atoms with Gasteiger partial charge < -0.3 is 19.5 Å². The van der Waals surface area contributed by atoms with Crippen molar-refractivity contribution in [3.8, 4) is 6.07 Å². The van der Waals surface area contributed by atoms with E-state index in [2.05, 4.69) is 72.8 Å². The van der Waals surface area contributed by atoms with Crippen LogP contribution in [0.5, 0.6) is 0 Å². The summed E-state index contributed by atoms with van der Waals surface area (Å²) in [6.07, 6.45) is 10.6. The monoisotopic (exact) mass is 589 g/mol. The Balaban J connectivity index is 1.40. The normalized spacial score (nSPS) is 22.4. The van der Waals surface area contributed by atoms with Gasteiger partial charge in [0, 0.05) is 46.1 Å². The van der Waals surface area contributed by atoms with Gasteiger partial charge in [-0.3, -0.25) is 9.69 Å².